The van der Waals surface area contributed by atoms with Crippen molar-refractivity contribution < 1.29 is 9.32 Å². The molecule has 1 amide bonds. The van der Waals surface area contributed by atoms with Gasteiger partial charge in [-0.1, -0.05) is 5.16 Å². The lowest BCUT2D eigenvalue weighted by atomic mass is 10.2. The molecule has 1 aromatic heterocycles. The van der Waals surface area contributed by atoms with Crippen molar-refractivity contribution in [3.8, 4) is 0 Å². The van der Waals surface area contributed by atoms with Crippen molar-refractivity contribution in [1.82, 2.24) is 5.16 Å². The lowest BCUT2D eigenvalue weighted by Gasteiger charge is -2.15. The van der Waals surface area contributed by atoms with Gasteiger partial charge in [-0.25, -0.2) is 0 Å². The molecule has 1 heterocycles. The average molecular weight is 217 g/mol. The Labute approximate surface area is 92.4 Å². The van der Waals surface area contributed by atoms with Crippen molar-refractivity contribution in [3.63, 3.8) is 0 Å². The molecule has 82 valence electrons. The maximum atomic E-state index is 11.9. The van der Waals surface area contributed by atoms with Gasteiger partial charge < -0.3 is 15.2 Å². The number of rotatable bonds is 2. The summed E-state index contributed by atoms with van der Waals surface area (Å²) in [6.07, 6.45) is 1.37. The van der Waals surface area contributed by atoms with E-state index in [2.05, 4.69) is 9.68 Å². The number of hydrogen-bond acceptors (Lipinski definition) is 4. The first kappa shape index (κ1) is 10.2. The number of nitrogen functional groups attached to an aromatic ring is 1. The van der Waals surface area contributed by atoms with E-state index >= 15 is 0 Å². The molecule has 0 saturated carbocycles. The first-order chi connectivity index (χ1) is 7.68. The summed E-state index contributed by atoms with van der Waals surface area (Å²) in [6, 6.07) is 8.54. The summed E-state index contributed by atoms with van der Waals surface area (Å²) in [5.41, 5.74) is 7.25. The van der Waals surface area contributed by atoms with Gasteiger partial charge in [0.1, 0.15) is 6.26 Å². The molecular weight excluding hydrogens is 206 g/mol. The molecule has 16 heavy (non-hydrogen) atoms. The Hall–Kier alpha value is -2.30. The number of amides is 1. The number of carbonyl (C=O) groups is 1. The lowest BCUT2D eigenvalue weighted by Crippen LogP contribution is -2.26. The SMILES string of the molecule is CN(C(=O)c1ccon1)c1ccc(N)cc1. The van der Waals surface area contributed by atoms with Gasteiger partial charge in [0.25, 0.3) is 5.91 Å². The van der Waals surface area contributed by atoms with Crippen LogP contribution in [0, 0.1) is 0 Å². The van der Waals surface area contributed by atoms with Gasteiger partial charge >= 0.3 is 0 Å². The van der Waals surface area contributed by atoms with Crippen LogP contribution in [0.1, 0.15) is 10.5 Å². The van der Waals surface area contributed by atoms with Crippen LogP contribution in [-0.4, -0.2) is 18.1 Å². The summed E-state index contributed by atoms with van der Waals surface area (Å²) in [6.45, 7) is 0. The zero-order valence-corrected chi connectivity index (χ0v) is 8.75. The normalized spacial score (nSPS) is 10.1. The zero-order valence-electron chi connectivity index (χ0n) is 8.75. The van der Waals surface area contributed by atoms with E-state index in [9.17, 15) is 4.79 Å². The molecule has 0 unspecified atom stereocenters. The van der Waals surface area contributed by atoms with Gasteiger partial charge in [0.2, 0.25) is 0 Å². The minimum atomic E-state index is -0.224. The molecule has 0 spiro atoms. The quantitative estimate of drug-likeness (QED) is 0.774. The van der Waals surface area contributed by atoms with Gasteiger partial charge in [0, 0.05) is 24.5 Å². The second kappa shape index (κ2) is 4.06. The van der Waals surface area contributed by atoms with Crippen molar-refractivity contribution in [1.29, 1.82) is 0 Å². The highest BCUT2D eigenvalue weighted by molar-refractivity contribution is 6.04. The summed E-state index contributed by atoms with van der Waals surface area (Å²) in [7, 11) is 1.67. The van der Waals surface area contributed by atoms with Crippen molar-refractivity contribution in [2.24, 2.45) is 0 Å². The molecule has 5 heteroatoms. The average Bonchev–Trinajstić information content (AvgIpc) is 2.81. The van der Waals surface area contributed by atoms with E-state index in [1.54, 1.807) is 31.3 Å². The predicted molar refractivity (Wildman–Crippen MR) is 60.1 cm³/mol. The maximum Gasteiger partial charge on any atom is 0.280 e. The van der Waals surface area contributed by atoms with Gasteiger partial charge in [0.15, 0.2) is 5.69 Å². The van der Waals surface area contributed by atoms with E-state index in [4.69, 9.17) is 5.73 Å². The van der Waals surface area contributed by atoms with Crippen molar-refractivity contribution in [2.45, 2.75) is 0 Å². The minimum Gasteiger partial charge on any atom is -0.399 e. The third-order valence-corrected chi connectivity index (χ3v) is 2.24. The Bertz CT molecular complexity index is 476. The highest BCUT2D eigenvalue weighted by atomic mass is 16.5. The van der Waals surface area contributed by atoms with E-state index in [1.807, 2.05) is 0 Å². The Morgan fingerprint density at radius 3 is 2.56 bits per heavy atom. The van der Waals surface area contributed by atoms with E-state index < -0.39 is 0 Å². The zero-order chi connectivity index (χ0) is 11.5. The number of anilines is 2. The van der Waals surface area contributed by atoms with Crippen LogP contribution in [-0.2, 0) is 0 Å². The maximum absolute atomic E-state index is 11.9. The highest BCUT2D eigenvalue weighted by Gasteiger charge is 2.15. The fourth-order valence-corrected chi connectivity index (χ4v) is 1.31. The van der Waals surface area contributed by atoms with Crippen LogP contribution in [0.2, 0.25) is 0 Å². The Morgan fingerprint density at radius 2 is 2.00 bits per heavy atom. The van der Waals surface area contributed by atoms with Gasteiger partial charge in [-0.05, 0) is 24.3 Å². The molecule has 0 aliphatic rings. The number of nitrogens with two attached hydrogens (primary N) is 1. The molecule has 0 fully saturated rings. The van der Waals surface area contributed by atoms with Gasteiger partial charge in [-0.2, -0.15) is 0 Å². The number of benzene rings is 1. The van der Waals surface area contributed by atoms with Gasteiger partial charge in [-0.15, -0.1) is 0 Å². The first-order valence-electron chi connectivity index (χ1n) is 4.72. The molecule has 2 aromatic rings. The third kappa shape index (κ3) is 1.88. The molecule has 0 saturated heterocycles. The Kier molecular flexibility index (Phi) is 2.59. The minimum absolute atomic E-state index is 0.224. The molecule has 1 aromatic carbocycles. The largest absolute Gasteiger partial charge is 0.399 e. The topological polar surface area (TPSA) is 72.4 Å². The molecule has 0 bridgehead atoms. The van der Waals surface area contributed by atoms with Crippen LogP contribution in [0.15, 0.2) is 41.1 Å². The van der Waals surface area contributed by atoms with Crippen LogP contribution in [0.4, 0.5) is 11.4 Å². The molecular formula is C11H11N3O2. The lowest BCUT2D eigenvalue weighted by molar-refractivity contribution is 0.0984. The number of hydrogen-bond donors (Lipinski definition) is 1. The van der Waals surface area contributed by atoms with Crippen LogP contribution in [0.25, 0.3) is 0 Å². The number of aromatic nitrogens is 1. The highest BCUT2D eigenvalue weighted by Crippen LogP contribution is 2.16. The van der Waals surface area contributed by atoms with Crippen LogP contribution >= 0.6 is 0 Å². The summed E-state index contributed by atoms with van der Waals surface area (Å²) in [4.78, 5) is 13.3. The van der Waals surface area contributed by atoms with E-state index in [1.165, 1.54) is 17.2 Å². The monoisotopic (exact) mass is 217 g/mol. The first-order valence-corrected chi connectivity index (χ1v) is 4.72. The van der Waals surface area contributed by atoms with Crippen LogP contribution < -0.4 is 10.6 Å². The van der Waals surface area contributed by atoms with Gasteiger partial charge in [0.05, 0.1) is 0 Å². The molecule has 5 nitrogen and oxygen atoms in total. The summed E-state index contributed by atoms with van der Waals surface area (Å²) in [5.74, 6) is -0.224. The second-order valence-corrected chi connectivity index (χ2v) is 3.34. The van der Waals surface area contributed by atoms with E-state index in [-0.39, 0.29) is 11.6 Å². The summed E-state index contributed by atoms with van der Waals surface area (Å²) < 4.78 is 4.62. The molecule has 0 aliphatic heterocycles. The van der Waals surface area contributed by atoms with Crippen molar-refractivity contribution in [2.75, 3.05) is 17.7 Å². The standard InChI is InChI=1S/C11H11N3O2/c1-14(9-4-2-8(12)3-5-9)11(15)10-6-7-16-13-10/h2-7H,12H2,1H3. The summed E-state index contributed by atoms with van der Waals surface area (Å²) >= 11 is 0. The Morgan fingerprint density at radius 1 is 1.31 bits per heavy atom. The third-order valence-electron chi connectivity index (χ3n) is 2.24. The number of nitrogens with zero attached hydrogens (tertiary/aromatic N) is 2. The Balaban J connectivity index is 2.22. The molecule has 0 aliphatic carbocycles. The second-order valence-electron chi connectivity index (χ2n) is 3.34. The van der Waals surface area contributed by atoms with Crippen LogP contribution in [0.5, 0.6) is 0 Å². The predicted octanol–water partition coefficient (Wildman–Crippen LogP) is 1.53. The van der Waals surface area contributed by atoms with Gasteiger partial charge in [-0.3, -0.25) is 4.79 Å². The molecule has 0 radical (unpaired) electrons. The van der Waals surface area contributed by atoms with Crippen molar-refractivity contribution >= 4 is 17.3 Å². The molecule has 2 N–H and O–H groups in total. The van der Waals surface area contributed by atoms with E-state index in [0.717, 1.165) is 5.69 Å². The van der Waals surface area contributed by atoms with E-state index in [0.29, 0.717) is 5.69 Å². The summed E-state index contributed by atoms with van der Waals surface area (Å²) in [5, 5.41) is 3.59. The molecule has 2 rings (SSSR count). The van der Waals surface area contributed by atoms with Crippen LogP contribution in [0.3, 0.4) is 0 Å². The fraction of sp³-hybridized carbons (Fsp3) is 0.0909. The van der Waals surface area contributed by atoms with Crippen molar-refractivity contribution in [3.05, 3.63) is 42.3 Å². The smallest absolute Gasteiger partial charge is 0.280 e. The number of carbonyl (C=O) groups excluding carboxylic acids is 1. The molecule has 0 atom stereocenters. The fourth-order valence-electron chi connectivity index (χ4n) is 1.31.